The Morgan fingerprint density at radius 2 is 1.75 bits per heavy atom. The minimum atomic E-state index is -0.367. The van der Waals surface area contributed by atoms with E-state index in [1.165, 1.54) is 6.42 Å². The first-order valence-electron chi connectivity index (χ1n) is 9.61. The summed E-state index contributed by atoms with van der Waals surface area (Å²) in [5, 5.41) is 12.5. The fourth-order valence-electron chi connectivity index (χ4n) is 3.45. The summed E-state index contributed by atoms with van der Waals surface area (Å²) >= 11 is 1.58. The monoisotopic (exact) mass is 391 g/mol. The highest BCUT2D eigenvalue weighted by molar-refractivity contribution is 7.99. The normalized spacial score (nSPS) is 19.8. The van der Waals surface area contributed by atoms with Crippen LogP contribution >= 0.6 is 11.8 Å². The van der Waals surface area contributed by atoms with Crippen molar-refractivity contribution in [2.75, 3.05) is 5.32 Å². The molecule has 3 rings (SSSR count). The van der Waals surface area contributed by atoms with E-state index in [1.807, 2.05) is 54.6 Å². The molecule has 2 atom stereocenters. The van der Waals surface area contributed by atoms with E-state index in [2.05, 4.69) is 30.1 Å². The smallest absolute Gasteiger partial charge is 0.267 e. The van der Waals surface area contributed by atoms with Gasteiger partial charge < -0.3 is 10.2 Å². The number of nitriles is 1. The van der Waals surface area contributed by atoms with Gasteiger partial charge in [0.05, 0.1) is 5.69 Å². The number of likely N-dealkylation sites (tertiary alicyclic amines) is 1. The van der Waals surface area contributed by atoms with Gasteiger partial charge in [0.15, 0.2) is 0 Å². The first-order valence-corrected chi connectivity index (χ1v) is 10.4. The summed E-state index contributed by atoms with van der Waals surface area (Å²) in [4.78, 5) is 17.0. The van der Waals surface area contributed by atoms with Gasteiger partial charge in [-0.15, -0.1) is 0 Å². The fraction of sp³-hybridized carbons (Fsp3) is 0.304. The van der Waals surface area contributed by atoms with E-state index in [0.29, 0.717) is 17.8 Å². The van der Waals surface area contributed by atoms with Crippen molar-refractivity contribution in [2.24, 2.45) is 0 Å². The number of benzene rings is 2. The second-order valence-corrected chi connectivity index (χ2v) is 8.21. The van der Waals surface area contributed by atoms with E-state index in [9.17, 15) is 10.1 Å². The third-order valence-electron chi connectivity index (χ3n) is 5.01. The molecule has 2 aromatic rings. The van der Waals surface area contributed by atoms with Crippen molar-refractivity contribution in [3.05, 3.63) is 66.4 Å². The molecule has 0 bridgehead atoms. The van der Waals surface area contributed by atoms with Crippen LogP contribution in [0.1, 0.15) is 33.1 Å². The molecule has 28 heavy (non-hydrogen) atoms. The summed E-state index contributed by atoms with van der Waals surface area (Å²) < 4.78 is 0. The number of amides is 1. The highest BCUT2D eigenvalue weighted by Gasteiger charge is 2.24. The molecule has 0 saturated carbocycles. The van der Waals surface area contributed by atoms with Crippen LogP contribution in [-0.4, -0.2) is 22.9 Å². The zero-order valence-electron chi connectivity index (χ0n) is 16.3. The molecule has 1 heterocycles. The number of para-hydroxylation sites is 1. The molecule has 0 spiro atoms. The van der Waals surface area contributed by atoms with Crippen molar-refractivity contribution in [2.45, 2.75) is 55.0 Å². The van der Waals surface area contributed by atoms with E-state index < -0.39 is 0 Å². The number of hydrogen-bond acceptors (Lipinski definition) is 4. The van der Waals surface area contributed by atoms with Crippen LogP contribution in [0.5, 0.6) is 0 Å². The lowest BCUT2D eigenvalue weighted by Gasteiger charge is -2.38. The van der Waals surface area contributed by atoms with Gasteiger partial charge >= 0.3 is 0 Å². The third kappa shape index (κ3) is 4.96. The largest absolute Gasteiger partial charge is 0.371 e. The molecule has 1 saturated heterocycles. The summed E-state index contributed by atoms with van der Waals surface area (Å²) in [6.07, 6.45) is 5.08. The average molecular weight is 392 g/mol. The fourth-order valence-corrected chi connectivity index (χ4v) is 4.37. The molecule has 1 fully saturated rings. The van der Waals surface area contributed by atoms with Crippen molar-refractivity contribution >= 4 is 23.4 Å². The van der Waals surface area contributed by atoms with Crippen LogP contribution in [0.3, 0.4) is 0 Å². The number of nitrogens with one attached hydrogen (secondary N) is 1. The first kappa shape index (κ1) is 20.0. The van der Waals surface area contributed by atoms with Crippen LogP contribution in [0.15, 0.2) is 76.2 Å². The maximum Gasteiger partial charge on any atom is 0.267 e. The second kappa shape index (κ2) is 9.48. The molecule has 4 nitrogen and oxygen atoms in total. The standard InChI is InChI=1S/C23H25N3OS/c1-17-9-8-10-18(2)26(17)16-19(15-24)23(27)25-21-13-6-7-14-22(21)28-20-11-4-3-5-12-20/h3-7,11-14,16-18H,8-10H2,1-2H3,(H,25,27)/b19-16-. The zero-order valence-corrected chi connectivity index (χ0v) is 17.1. The van der Waals surface area contributed by atoms with Gasteiger partial charge in [-0.1, -0.05) is 42.1 Å². The van der Waals surface area contributed by atoms with Gasteiger partial charge in [0, 0.05) is 28.1 Å². The molecular weight excluding hydrogens is 366 g/mol. The zero-order chi connectivity index (χ0) is 19.9. The maximum atomic E-state index is 12.8. The molecule has 144 valence electrons. The molecule has 1 aliphatic heterocycles. The molecule has 0 aliphatic carbocycles. The van der Waals surface area contributed by atoms with Gasteiger partial charge in [-0.2, -0.15) is 5.26 Å². The summed E-state index contributed by atoms with van der Waals surface area (Å²) in [7, 11) is 0. The number of carbonyl (C=O) groups excluding carboxylic acids is 1. The van der Waals surface area contributed by atoms with Gasteiger partial charge in [0.1, 0.15) is 11.6 Å². The minimum absolute atomic E-state index is 0.139. The molecule has 5 heteroatoms. The van der Waals surface area contributed by atoms with Crippen LogP contribution in [0.25, 0.3) is 0 Å². The predicted molar refractivity (Wildman–Crippen MR) is 114 cm³/mol. The van der Waals surface area contributed by atoms with E-state index in [1.54, 1.807) is 18.0 Å². The molecule has 1 amide bonds. The number of carbonyl (C=O) groups is 1. The summed E-state index contributed by atoms with van der Waals surface area (Å²) in [6, 6.07) is 20.4. The highest BCUT2D eigenvalue weighted by atomic mass is 32.2. The van der Waals surface area contributed by atoms with Crippen molar-refractivity contribution in [1.82, 2.24) is 4.90 Å². The molecule has 1 aliphatic rings. The Morgan fingerprint density at radius 3 is 2.43 bits per heavy atom. The molecule has 2 unspecified atom stereocenters. The van der Waals surface area contributed by atoms with Gasteiger partial charge in [0.25, 0.3) is 5.91 Å². The van der Waals surface area contributed by atoms with E-state index in [0.717, 1.165) is 22.6 Å². The Hall–Kier alpha value is -2.71. The molecule has 0 radical (unpaired) electrons. The predicted octanol–water partition coefficient (Wildman–Crippen LogP) is 5.45. The molecule has 0 aromatic heterocycles. The van der Waals surface area contributed by atoms with Crippen LogP contribution in [0.2, 0.25) is 0 Å². The van der Waals surface area contributed by atoms with Gasteiger partial charge in [-0.25, -0.2) is 0 Å². The van der Waals surface area contributed by atoms with Crippen LogP contribution in [0, 0.1) is 11.3 Å². The minimum Gasteiger partial charge on any atom is -0.371 e. The summed E-state index contributed by atoms with van der Waals surface area (Å²) in [5.74, 6) is -0.367. The quantitative estimate of drug-likeness (QED) is 0.544. The number of rotatable bonds is 5. The molecule has 1 N–H and O–H groups in total. The Balaban J connectivity index is 1.78. The van der Waals surface area contributed by atoms with E-state index >= 15 is 0 Å². The Morgan fingerprint density at radius 1 is 1.11 bits per heavy atom. The third-order valence-corrected chi connectivity index (χ3v) is 6.10. The summed E-state index contributed by atoms with van der Waals surface area (Å²) in [6.45, 7) is 4.29. The van der Waals surface area contributed by atoms with Crippen molar-refractivity contribution in [3.8, 4) is 6.07 Å². The van der Waals surface area contributed by atoms with Crippen molar-refractivity contribution in [1.29, 1.82) is 5.26 Å². The van der Waals surface area contributed by atoms with Crippen LogP contribution in [-0.2, 0) is 4.79 Å². The van der Waals surface area contributed by atoms with Gasteiger partial charge in [-0.05, 0) is 57.4 Å². The van der Waals surface area contributed by atoms with Gasteiger partial charge in [-0.3, -0.25) is 4.79 Å². The number of hydrogen-bond donors (Lipinski definition) is 1. The Bertz CT molecular complexity index is 878. The van der Waals surface area contributed by atoms with Crippen molar-refractivity contribution < 1.29 is 4.79 Å². The highest BCUT2D eigenvalue weighted by Crippen LogP contribution is 2.33. The molecular formula is C23H25N3OS. The topological polar surface area (TPSA) is 56.1 Å². The Labute approximate surface area is 171 Å². The van der Waals surface area contributed by atoms with Crippen molar-refractivity contribution in [3.63, 3.8) is 0 Å². The lowest BCUT2D eigenvalue weighted by Crippen LogP contribution is -2.40. The number of nitrogens with zero attached hydrogens (tertiary/aromatic N) is 2. The number of anilines is 1. The van der Waals surface area contributed by atoms with E-state index in [4.69, 9.17) is 0 Å². The second-order valence-electron chi connectivity index (χ2n) is 7.10. The molecule has 2 aromatic carbocycles. The van der Waals surface area contributed by atoms with E-state index in [-0.39, 0.29) is 11.5 Å². The van der Waals surface area contributed by atoms with Gasteiger partial charge in [0.2, 0.25) is 0 Å². The lowest BCUT2D eigenvalue weighted by atomic mass is 9.98. The SMILES string of the molecule is CC1CCCC(C)N1/C=C(/C#N)C(=O)Nc1ccccc1Sc1ccccc1. The van der Waals surface area contributed by atoms with Crippen LogP contribution in [0.4, 0.5) is 5.69 Å². The first-order chi connectivity index (χ1) is 13.6. The average Bonchev–Trinajstić information content (AvgIpc) is 2.70. The van der Waals surface area contributed by atoms with Crippen LogP contribution < -0.4 is 5.32 Å². The maximum absolute atomic E-state index is 12.8. The Kier molecular flexibility index (Phi) is 6.78. The summed E-state index contributed by atoms with van der Waals surface area (Å²) in [5.41, 5.74) is 0.849. The lowest BCUT2D eigenvalue weighted by molar-refractivity contribution is -0.112. The number of piperidine rings is 1.